The highest BCUT2D eigenvalue weighted by Gasteiger charge is 2.04. The second-order valence-corrected chi connectivity index (χ2v) is 3.48. The number of ether oxygens (including phenoxy) is 1. The summed E-state index contributed by atoms with van der Waals surface area (Å²) in [4.78, 5) is 0. The van der Waals surface area contributed by atoms with Crippen molar-refractivity contribution in [2.75, 3.05) is 5.73 Å². The predicted molar refractivity (Wildman–Crippen MR) is 63.1 cm³/mol. The number of para-hydroxylation sites is 1. The molecule has 0 aliphatic carbocycles. The van der Waals surface area contributed by atoms with Crippen molar-refractivity contribution in [2.45, 2.75) is 20.1 Å². The van der Waals surface area contributed by atoms with E-state index >= 15 is 0 Å². The number of aromatic nitrogens is 2. The summed E-state index contributed by atoms with van der Waals surface area (Å²) in [5, 5.41) is 4.16. The van der Waals surface area contributed by atoms with Crippen molar-refractivity contribution >= 4 is 5.82 Å². The van der Waals surface area contributed by atoms with Gasteiger partial charge in [-0.25, -0.2) is 0 Å². The summed E-state index contributed by atoms with van der Waals surface area (Å²) < 4.78 is 7.48. The SMILES string of the molecule is CCn1nc(N)cc1COc1ccccc1. The zero-order valence-electron chi connectivity index (χ0n) is 9.26. The molecule has 0 amide bonds. The van der Waals surface area contributed by atoms with Crippen LogP contribution in [0.5, 0.6) is 5.75 Å². The van der Waals surface area contributed by atoms with Crippen molar-refractivity contribution in [2.24, 2.45) is 0 Å². The molecular formula is C12H15N3O. The highest BCUT2D eigenvalue weighted by atomic mass is 16.5. The van der Waals surface area contributed by atoms with Gasteiger partial charge in [0.05, 0.1) is 5.69 Å². The van der Waals surface area contributed by atoms with Gasteiger partial charge in [0.25, 0.3) is 0 Å². The van der Waals surface area contributed by atoms with E-state index in [0.29, 0.717) is 12.4 Å². The van der Waals surface area contributed by atoms with Crippen molar-refractivity contribution in [3.05, 3.63) is 42.1 Å². The summed E-state index contributed by atoms with van der Waals surface area (Å²) in [7, 11) is 0. The fourth-order valence-corrected chi connectivity index (χ4v) is 1.54. The number of hydrogen-bond donors (Lipinski definition) is 1. The van der Waals surface area contributed by atoms with Crippen LogP contribution in [0.15, 0.2) is 36.4 Å². The number of nitrogens with two attached hydrogens (primary N) is 1. The van der Waals surface area contributed by atoms with Gasteiger partial charge in [0.15, 0.2) is 0 Å². The lowest BCUT2D eigenvalue weighted by atomic mass is 10.3. The van der Waals surface area contributed by atoms with Crippen LogP contribution in [0.1, 0.15) is 12.6 Å². The zero-order valence-corrected chi connectivity index (χ0v) is 9.26. The molecule has 2 N–H and O–H groups in total. The normalized spacial score (nSPS) is 10.3. The Labute approximate surface area is 94.6 Å². The molecule has 0 fully saturated rings. The van der Waals surface area contributed by atoms with E-state index in [1.54, 1.807) is 0 Å². The molecule has 4 heteroatoms. The van der Waals surface area contributed by atoms with Crippen LogP contribution < -0.4 is 10.5 Å². The first-order valence-corrected chi connectivity index (χ1v) is 5.29. The second kappa shape index (κ2) is 4.70. The highest BCUT2D eigenvalue weighted by Crippen LogP contribution is 2.13. The maximum atomic E-state index is 5.64. The molecule has 0 spiro atoms. The van der Waals surface area contributed by atoms with Gasteiger partial charge in [-0.3, -0.25) is 4.68 Å². The van der Waals surface area contributed by atoms with Crippen LogP contribution in [0.4, 0.5) is 5.82 Å². The van der Waals surface area contributed by atoms with Gasteiger partial charge in [0.2, 0.25) is 0 Å². The molecule has 1 aromatic heterocycles. The minimum atomic E-state index is 0.488. The Morgan fingerprint density at radius 3 is 2.75 bits per heavy atom. The van der Waals surface area contributed by atoms with E-state index < -0.39 is 0 Å². The summed E-state index contributed by atoms with van der Waals surface area (Å²) in [6.45, 7) is 3.31. The Kier molecular flexibility index (Phi) is 3.10. The van der Waals surface area contributed by atoms with Crippen molar-refractivity contribution in [3.63, 3.8) is 0 Å². The van der Waals surface area contributed by atoms with Gasteiger partial charge >= 0.3 is 0 Å². The lowest BCUT2D eigenvalue weighted by Crippen LogP contribution is -2.06. The quantitative estimate of drug-likeness (QED) is 0.852. The molecule has 16 heavy (non-hydrogen) atoms. The molecule has 84 valence electrons. The van der Waals surface area contributed by atoms with Crippen LogP contribution in [0.3, 0.4) is 0 Å². The van der Waals surface area contributed by atoms with Gasteiger partial charge < -0.3 is 10.5 Å². The standard InChI is InChI=1S/C12H15N3O/c1-2-15-10(8-12(13)14-15)9-16-11-6-4-3-5-7-11/h3-8H,2,9H2,1H3,(H2,13,14). The van der Waals surface area contributed by atoms with Crippen molar-refractivity contribution < 1.29 is 4.74 Å². The largest absolute Gasteiger partial charge is 0.487 e. The molecule has 0 aliphatic heterocycles. The summed E-state index contributed by atoms with van der Waals surface area (Å²) in [6.07, 6.45) is 0. The van der Waals surface area contributed by atoms with Gasteiger partial charge in [-0.05, 0) is 19.1 Å². The Morgan fingerprint density at radius 2 is 2.06 bits per heavy atom. The van der Waals surface area contributed by atoms with Gasteiger partial charge in [-0.15, -0.1) is 0 Å². The minimum Gasteiger partial charge on any atom is -0.487 e. The zero-order chi connectivity index (χ0) is 11.4. The molecule has 0 saturated heterocycles. The fraction of sp³-hybridized carbons (Fsp3) is 0.250. The molecule has 1 aromatic carbocycles. The third kappa shape index (κ3) is 2.34. The number of anilines is 1. The topological polar surface area (TPSA) is 53.1 Å². The highest BCUT2D eigenvalue weighted by molar-refractivity contribution is 5.29. The Balaban J connectivity index is 2.04. The van der Waals surface area contributed by atoms with Gasteiger partial charge in [-0.2, -0.15) is 5.10 Å². The van der Waals surface area contributed by atoms with Crippen LogP contribution >= 0.6 is 0 Å². The summed E-state index contributed by atoms with van der Waals surface area (Å²) >= 11 is 0. The van der Waals surface area contributed by atoms with Crippen LogP contribution in [-0.4, -0.2) is 9.78 Å². The predicted octanol–water partition coefficient (Wildman–Crippen LogP) is 2.06. The lowest BCUT2D eigenvalue weighted by Gasteiger charge is -2.06. The molecule has 2 aromatic rings. The monoisotopic (exact) mass is 217 g/mol. The second-order valence-electron chi connectivity index (χ2n) is 3.48. The van der Waals surface area contributed by atoms with Gasteiger partial charge in [0.1, 0.15) is 18.2 Å². The Hall–Kier alpha value is -1.97. The molecule has 0 aliphatic rings. The number of rotatable bonds is 4. The third-order valence-electron chi connectivity index (χ3n) is 2.31. The molecule has 0 saturated carbocycles. The first-order chi connectivity index (χ1) is 7.79. The fourth-order valence-electron chi connectivity index (χ4n) is 1.54. The molecule has 0 atom stereocenters. The number of nitrogens with zero attached hydrogens (tertiary/aromatic N) is 2. The van der Waals surface area contributed by atoms with E-state index in [1.807, 2.05) is 48.0 Å². The average Bonchev–Trinajstić information content (AvgIpc) is 2.68. The van der Waals surface area contributed by atoms with Crippen molar-refractivity contribution in [3.8, 4) is 5.75 Å². The number of aryl methyl sites for hydroxylation is 1. The van der Waals surface area contributed by atoms with Crippen LogP contribution in [-0.2, 0) is 13.2 Å². The van der Waals surface area contributed by atoms with Crippen LogP contribution in [0.2, 0.25) is 0 Å². The number of benzene rings is 1. The molecule has 2 rings (SSSR count). The number of hydrogen-bond acceptors (Lipinski definition) is 3. The van der Waals surface area contributed by atoms with Gasteiger partial charge in [-0.1, -0.05) is 18.2 Å². The van der Waals surface area contributed by atoms with Crippen molar-refractivity contribution in [1.29, 1.82) is 0 Å². The Morgan fingerprint density at radius 1 is 1.31 bits per heavy atom. The maximum absolute atomic E-state index is 5.64. The van der Waals surface area contributed by atoms with Crippen molar-refractivity contribution in [1.82, 2.24) is 9.78 Å². The van der Waals surface area contributed by atoms with E-state index in [0.717, 1.165) is 18.0 Å². The molecule has 0 unspecified atom stereocenters. The van der Waals surface area contributed by atoms with Crippen LogP contribution in [0.25, 0.3) is 0 Å². The van der Waals surface area contributed by atoms with E-state index in [4.69, 9.17) is 10.5 Å². The molecular weight excluding hydrogens is 202 g/mol. The first-order valence-electron chi connectivity index (χ1n) is 5.29. The van der Waals surface area contributed by atoms with Crippen LogP contribution in [0, 0.1) is 0 Å². The smallest absolute Gasteiger partial charge is 0.145 e. The molecule has 4 nitrogen and oxygen atoms in total. The third-order valence-corrected chi connectivity index (χ3v) is 2.31. The van der Waals surface area contributed by atoms with E-state index in [2.05, 4.69) is 5.10 Å². The molecule has 0 radical (unpaired) electrons. The Bertz CT molecular complexity index is 451. The molecule has 0 bridgehead atoms. The molecule has 1 heterocycles. The maximum Gasteiger partial charge on any atom is 0.145 e. The summed E-state index contributed by atoms with van der Waals surface area (Å²) in [5.74, 6) is 1.39. The lowest BCUT2D eigenvalue weighted by molar-refractivity contribution is 0.292. The summed E-state index contributed by atoms with van der Waals surface area (Å²) in [6, 6.07) is 11.5. The summed E-state index contributed by atoms with van der Waals surface area (Å²) in [5.41, 5.74) is 6.63. The number of nitrogen functional groups attached to an aromatic ring is 1. The van der Waals surface area contributed by atoms with Gasteiger partial charge in [0, 0.05) is 12.6 Å². The van der Waals surface area contributed by atoms with E-state index in [-0.39, 0.29) is 0 Å². The van der Waals surface area contributed by atoms with E-state index in [9.17, 15) is 0 Å². The van der Waals surface area contributed by atoms with E-state index in [1.165, 1.54) is 0 Å². The average molecular weight is 217 g/mol. The minimum absolute atomic E-state index is 0.488. The first kappa shape index (κ1) is 10.5.